The molecule has 0 saturated heterocycles. The smallest absolute Gasteiger partial charge is 0.251 e. The van der Waals surface area contributed by atoms with E-state index in [0.29, 0.717) is 24.7 Å². The molecular weight excluding hydrogens is 374 g/mol. The van der Waals surface area contributed by atoms with Gasteiger partial charge in [0.25, 0.3) is 5.91 Å². The first-order valence-electron chi connectivity index (χ1n) is 9.57. The van der Waals surface area contributed by atoms with Crippen molar-refractivity contribution in [1.29, 1.82) is 0 Å². The number of benzene rings is 1. The van der Waals surface area contributed by atoms with Gasteiger partial charge in [0.15, 0.2) is 11.5 Å². The van der Waals surface area contributed by atoms with Gasteiger partial charge in [-0.2, -0.15) is 0 Å². The number of nitrogens with two attached hydrogens (primary N) is 1. The predicted octanol–water partition coefficient (Wildman–Crippen LogP) is 3.31. The van der Waals surface area contributed by atoms with Gasteiger partial charge in [0.1, 0.15) is 6.04 Å². The second-order valence-corrected chi connectivity index (χ2v) is 6.60. The Balaban J connectivity index is 3.10. The third-order valence-electron chi connectivity index (χ3n) is 4.14. The van der Waals surface area contributed by atoms with Crippen LogP contribution in [0.3, 0.4) is 0 Å². The zero-order valence-electron chi connectivity index (χ0n) is 17.4. The zero-order valence-corrected chi connectivity index (χ0v) is 18.3. The molecule has 0 fully saturated rings. The lowest BCUT2D eigenvalue weighted by molar-refractivity contribution is -0.121. The minimum Gasteiger partial charge on any atom is -0.490 e. The first kappa shape index (κ1) is 24.1. The van der Waals surface area contributed by atoms with Crippen LogP contribution in [0.4, 0.5) is 0 Å². The summed E-state index contributed by atoms with van der Waals surface area (Å²) in [5, 5.41) is 3.31. The molecule has 7 heteroatoms. The van der Waals surface area contributed by atoms with Crippen LogP contribution in [0.1, 0.15) is 46.2 Å². The van der Waals surface area contributed by atoms with E-state index in [1.54, 1.807) is 0 Å². The number of hydrogen-bond donors (Lipinski definition) is 4. The Kier molecular flexibility index (Phi) is 10.7. The number of carbonyl (C=O) groups is 1. The summed E-state index contributed by atoms with van der Waals surface area (Å²) in [6.45, 7) is 10.7. The maximum absolute atomic E-state index is 12.5. The summed E-state index contributed by atoms with van der Waals surface area (Å²) < 4.78 is 13.7. The largest absolute Gasteiger partial charge is 0.490 e. The van der Waals surface area contributed by atoms with Crippen LogP contribution >= 0.6 is 12.8 Å². The predicted molar refractivity (Wildman–Crippen MR) is 118 cm³/mol. The van der Waals surface area contributed by atoms with Gasteiger partial charge in [0, 0.05) is 12.1 Å². The minimum atomic E-state index is -0.601. The Morgan fingerprint density at radius 3 is 2.39 bits per heavy atom. The molecule has 1 rings (SSSR count). The van der Waals surface area contributed by atoms with Crippen molar-refractivity contribution in [3.8, 4) is 11.5 Å². The van der Waals surface area contributed by atoms with Crippen LogP contribution in [0.5, 0.6) is 11.5 Å². The van der Waals surface area contributed by atoms with Crippen LogP contribution in [-0.4, -0.2) is 31.2 Å². The second-order valence-electron chi connectivity index (χ2n) is 6.37. The van der Waals surface area contributed by atoms with E-state index in [2.05, 4.69) is 22.9 Å². The summed E-state index contributed by atoms with van der Waals surface area (Å²) in [5.41, 5.74) is 7.73. The average molecular weight is 408 g/mol. The molecule has 3 atom stereocenters. The zero-order chi connectivity index (χ0) is 21.1. The molecule has 6 nitrogen and oxygen atoms in total. The Morgan fingerprint density at radius 2 is 1.86 bits per heavy atom. The number of amides is 1. The number of carbonyl (C=O) groups excluding carboxylic acids is 1. The highest BCUT2D eigenvalue weighted by atomic mass is 32.1. The Hall–Kier alpha value is -1.96. The van der Waals surface area contributed by atoms with Gasteiger partial charge in [-0.15, -0.1) is 0 Å². The fraction of sp³-hybridized carbons (Fsp3) is 0.476. The molecule has 1 amide bonds. The lowest BCUT2D eigenvalue weighted by Crippen LogP contribution is -2.38. The third-order valence-corrected chi connectivity index (χ3v) is 4.36. The van der Waals surface area contributed by atoms with E-state index in [4.69, 9.17) is 15.2 Å². The van der Waals surface area contributed by atoms with Crippen LogP contribution < -0.4 is 25.2 Å². The van der Waals surface area contributed by atoms with Crippen molar-refractivity contribution in [2.24, 2.45) is 5.73 Å². The van der Waals surface area contributed by atoms with Gasteiger partial charge >= 0.3 is 0 Å². The number of rotatable bonds is 11. The van der Waals surface area contributed by atoms with Gasteiger partial charge in [-0.3, -0.25) is 10.1 Å². The fourth-order valence-electron chi connectivity index (χ4n) is 2.72. The molecule has 0 aliphatic carbocycles. The summed E-state index contributed by atoms with van der Waals surface area (Å²) in [4.78, 5) is 12.5. The van der Waals surface area contributed by atoms with Crippen molar-refractivity contribution >= 4 is 18.7 Å². The monoisotopic (exact) mass is 407 g/mol. The highest BCUT2D eigenvalue weighted by Crippen LogP contribution is 2.31. The van der Waals surface area contributed by atoms with Crippen molar-refractivity contribution < 1.29 is 14.3 Å². The lowest BCUT2D eigenvalue weighted by Gasteiger charge is -2.22. The van der Waals surface area contributed by atoms with Crippen LogP contribution in [0.25, 0.3) is 0 Å². The van der Waals surface area contributed by atoms with Gasteiger partial charge in [0.05, 0.1) is 13.2 Å². The second kappa shape index (κ2) is 12.5. The van der Waals surface area contributed by atoms with E-state index in [1.807, 2.05) is 71.0 Å². The number of thiol groups is 1. The maximum Gasteiger partial charge on any atom is 0.251 e. The van der Waals surface area contributed by atoms with Crippen molar-refractivity contribution in [2.45, 2.75) is 52.7 Å². The van der Waals surface area contributed by atoms with E-state index in [0.717, 1.165) is 11.1 Å². The lowest BCUT2D eigenvalue weighted by atomic mass is 10.0. The summed E-state index contributed by atoms with van der Waals surface area (Å²) >= 11 is 3.94. The van der Waals surface area contributed by atoms with Crippen LogP contribution in [0.2, 0.25) is 0 Å². The summed E-state index contributed by atoms with van der Waals surface area (Å²) in [6.07, 6.45) is 5.93. The number of ether oxygens (including phenoxy) is 2. The number of allylic oxidation sites excluding steroid dienone is 1. The van der Waals surface area contributed by atoms with E-state index >= 15 is 0 Å². The van der Waals surface area contributed by atoms with Gasteiger partial charge in [-0.1, -0.05) is 37.1 Å². The number of nitrogens with one attached hydrogen (secondary N) is 2. The van der Waals surface area contributed by atoms with Crippen LogP contribution in [-0.2, 0) is 4.79 Å². The van der Waals surface area contributed by atoms with Crippen molar-refractivity contribution in [3.63, 3.8) is 0 Å². The molecule has 0 spiro atoms. The Labute approximate surface area is 174 Å². The molecular formula is C21H33N3O3S. The maximum atomic E-state index is 12.5. The average Bonchev–Trinajstić information content (AvgIpc) is 2.67. The van der Waals surface area contributed by atoms with Crippen molar-refractivity contribution in [2.75, 3.05) is 13.2 Å². The van der Waals surface area contributed by atoms with E-state index in [9.17, 15) is 4.79 Å². The normalized spacial score (nSPS) is 15.2. The minimum absolute atomic E-state index is 0.0511. The molecule has 0 aliphatic rings. The van der Waals surface area contributed by atoms with Gasteiger partial charge in [-0.25, -0.2) is 0 Å². The quantitative estimate of drug-likeness (QED) is 0.334. The molecule has 0 saturated carbocycles. The molecule has 3 unspecified atom stereocenters. The highest BCUT2D eigenvalue weighted by molar-refractivity contribution is 7.78. The molecule has 0 aliphatic heterocycles. The molecule has 1 aromatic carbocycles. The van der Waals surface area contributed by atoms with E-state index in [-0.39, 0.29) is 18.0 Å². The van der Waals surface area contributed by atoms with Crippen molar-refractivity contribution in [1.82, 2.24) is 10.0 Å². The third kappa shape index (κ3) is 7.22. The highest BCUT2D eigenvalue weighted by Gasteiger charge is 2.22. The Morgan fingerprint density at radius 1 is 1.21 bits per heavy atom. The van der Waals surface area contributed by atoms with E-state index in [1.165, 1.54) is 0 Å². The van der Waals surface area contributed by atoms with Crippen molar-refractivity contribution in [3.05, 3.63) is 47.6 Å². The van der Waals surface area contributed by atoms with E-state index < -0.39 is 6.04 Å². The topological polar surface area (TPSA) is 85.6 Å². The van der Waals surface area contributed by atoms with Gasteiger partial charge in [0.2, 0.25) is 0 Å². The first-order valence-corrected chi connectivity index (χ1v) is 10.0. The van der Waals surface area contributed by atoms with Crippen LogP contribution in [0, 0.1) is 0 Å². The summed E-state index contributed by atoms with van der Waals surface area (Å²) in [6, 6.07) is 4.76. The molecule has 28 heavy (non-hydrogen) atoms. The van der Waals surface area contributed by atoms with Gasteiger partial charge < -0.3 is 19.9 Å². The molecule has 156 valence electrons. The number of hydrogen-bond acceptors (Lipinski definition) is 6. The summed E-state index contributed by atoms with van der Waals surface area (Å²) in [5.74, 6) is 1.01. The first-order chi connectivity index (χ1) is 13.4. The molecule has 0 heterocycles. The SMILES string of the molecule is CC=C(/C=C\C(C)NC(C(=O)NS)c1ccc(OCC)c(OCC)c1)C(C)N. The molecule has 0 radical (unpaired) electrons. The molecule has 0 bridgehead atoms. The van der Waals surface area contributed by atoms with Crippen LogP contribution in [0.15, 0.2) is 42.0 Å². The molecule has 4 N–H and O–H groups in total. The van der Waals surface area contributed by atoms with Gasteiger partial charge in [-0.05, 0) is 57.9 Å². The fourth-order valence-corrected chi connectivity index (χ4v) is 2.85. The molecule has 0 aromatic heterocycles. The Bertz CT molecular complexity index is 689. The summed E-state index contributed by atoms with van der Waals surface area (Å²) in [7, 11) is 0. The standard InChI is InChI=1S/C21H33N3O3S/c1-6-16(15(5)22)10-9-14(4)23-20(21(25)24-28)17-11-12-18(26-7-2)19(13-17)27-8-3/h6,9-15,20,23,28H,7-8,22H2,1-5H3,(H,24,25)/b10-9-,16-6?. The molecule has 1 aromatic rings.